The van der Waals surface area contributed by atoms with Gasteiger partial charge >= 0.3 is 12.1 Å². The monoisotopic (exact) mass is 422 g/mol. The lowest BCUT2D eigenvalue weighted by atomic mass is 9.60. The number of Topliss-reactive ketones (excluding diaryl/α,β-unsaturated/α-hetero) is 1. The van der Waals surface area contributed by atoms with Crippen LogP contribution >= 0.6 is 0 Å². The average molecular weight is 422 g/mol. The molecule has 4 aliphatic rings. The summed E-state index contributed by atoms with van der Waals surface area (Å²) in [4.78, 5) is 53.9. The number of carbonyl (C=O) groups excluding carboxylic acids is 4. The number of ketones is 1. The molecule has 4 bridgehead atoms. The second-order valence-electron chi connectivity index (χ2n) is 8.29. The molecule has 1 amide bonds. The van der Waals surface area contributed by atoms with Crippen molar-refractivity contribution >= 4 is 34.7 Å². The fraction of sp³-hybridized carbons (Fsp3) is 0.391. The number of ether oxygens (including phenoxy) is 2. The minimum atomic E-state index is -1.39. The lowest BCUT2D eigenvalue weighted by Crippen LogP contribution is -2.67. The number of esters is 1. The van der Waals surface area contributed by atoms with E-state index in [-0.39, 0.29) is 18.1 Å². The van der Waals surface area contributed by atoms with E-state index in [1.807, 2.05) is 18.2 Å². The van der Waals surface area contributed by atoms with Crippen LogP contribution < -0.4 is 0 Å². The van der Waals surface area contributed by atoms with Crippen molar-refractivity contribution in [2.45, 2.75) is 31.2 Å². The Morgan fingerprint density at radius 2 is 1.87 bits per heavy atom. The van der Waals surface area contributed by atoms with Gasteiger partial charge in [0.05, 0.1) is 37.4 Å². The van der Waals surface area contributed by atoms with Crippen molar-refractivity contribution in [1.82, 2.24) is 9.47 Å². The van der Waals surface area contributed by atoms with Crippen molar-refractivity contribution in [3.63, 3.8) is 0 Å². The Morgan fingerprint density at radius 1 is 1.13 bits per heavy atom. The molecule has 6 rings (SSSR count). The number of hydrogen-bond donors (Lipinski definition) is 0. The van der Waals surface area contributed by atoms with Crippen molar-refractivity contribution in [1.29, 1.82) is 0 Å². The summed E-state index contributed by atoms with van der Waals surface area (Å²) >= 11 is 0. The third-order valence-electron chi connectivity index (χ3n) is 6.91. The van der Waals surface area contributed by atoms with Crippen LogP contribution in [0.4, 0.5) is 4.79 Å². The zero-order chi connectivity index (χ0) is 22.1. The Bertz CT molecular complexity index is 1210. The molecule has 160 valence electrons. The van der Waals surface area contributed by atoms with E-state index in [9.17, 15) is 19.2 Å². The van der Waals surface area contributed by atoms with Crippen LogP contribution in [0.2, 0.25) is 0 Å². The summed E-state index contributed by atoms with van der Waals surface area (Å²) in [6.07, 6.45) is 1.63. The number of aromatic nitrogens is 1. The molecule has 1 aliphatic carbocycles. The highest BCUT2D eigenvalue weighted by Crippen LogP contribution is 2.54. The molecule has 8 heteroatoms. The number of amides is 1. The molecule has 0 spiro atoms. The molecule has 1 aromatic carbocycles. The Hall–Kier alpha value is -3.42. The molecule has 0 saturated carbocycles. The molecule has 1 saturated heterocycles. The highest BCUT2D eigenvalue weighted by Gasteiger charge is 2.65. The maximum absolute atomic E-state index is 13.6. The number of nitrogens with zero attached hydrogens (tertiary/aromatic N) is 2. The molecule has 4 heterocycles. The Morgan fingerprint density at radius 3 is 2.55 bits per heavy atom. The van der Waals surface area contributed by atoms with Crippen molar-refractivity contribution in [3.8, 4) is 0 Å². The number of fused-ring (bicyclic) bond motifs is 3. The van der Waals surface area contributed by atoms with E-state index in [1.165, 1.54) is 25.7 Å². The average Bonchev–Trinajstić information content (AvgIpc) is 3.05. The van der Waals surface area contributed by atoms with Crippen LogP contribution in [-0.4, -0.2) is 60.0 Å². The second-order valence-corrected chi connectivity index (χ2v) is 8.29. The summed E-state index contributed by atoms with van der Waals surface area (Å²) in [6.45, 7) is 1.78. The standard InChI is InChI=1S/C23H22N2O6/c1-12(26)16-10-13-11-23(21(28)30-2)18(16)24(20(13)27)9-8-15-14-6-4-5-7-17(14)25(19(15)23)22(29)31-3/h4-7,10,13,18H,8-9,11H2,1-3H3/t13?,18-,23?/m0/s1. The van der Waals surface area contributed by atoms with E-state index in [4.69, 9.17) is 9.47 Å². The van der Waals surface area contributed by atoms with Gasteiger partial charge in [-0.3, -0.25) is 14.4 Å². The van der Waals surface area contributed by atoms with Gasteiger partial charge < -0.3 is 14.4 Å². The minimum Gasteiger partial charge on any atom is -0.468 e. The maximum atomic E-state index is 13.6. The van der Waals surface area contributed by atoms with Crippen molar-refractivity contribution in [2.75, 3.05) is 20.8 Å². The molecule has 1 aromatic heterocycles. The number of methoxy groups -OCH3 is 2. The molecule has 0 N–H and O–H groups in total. The molecule has 8 nitrogen and oxygen atoms in total. The topological polar surface area (TPSA) is 94.9 Å². The van der Waals surface area contributed by atoms with Gasteiger partial charge in [0.1, 0.15) is 5.41 Å². The summed E-state index contributed by atoms with van der Waals surface area (Å²) in [5.41, 5.74) is 0.914. The molecule has 2 aromatic rings. The first-order chi connectivity index (χ1) is 14.9. The Labute approximate surface area is 178 Å². The minimum absolute atomic E-state index is 0.103. The highest BCUT2D eigenvalue weighted by molar-refractivity contribution is 6.05. The largest absolute Gasteiger partial charge is 0.468 e. The third kappa shape index (κ3) is 2.30. The summed E-state index contributed by atoms with van der Waals surface area (Å²) in [5, 5.41) is 0.816. The number of piperidine rings is 1. The lowest BCUT2D eigenvalue weighted by molar-refractivity contribution is -0.160. The van der Waals surface area contributed by atoms with Crippen LogP contribution in [0, 0.1) is 5.92 Å². The van der Waals surface area contributed by atoms with Crippen LogP contribution in [0.5, 0.6) is 0 Å². The van der Waals surface area contributed by atoms with Crippen LogP contribution in [0.25, 0.3) is 10.9 Å². The van der Waals surface area contributed by atoms with Crippen LogP contribution in [0.15, 0.2) is 35.9 Å². The number of hydrogen-bond acceptors (Lipinski definition) is 6. The summed E-state index contributed by atoms with van der Waals surface area (Å²) < 4.78 is 11.8. The molecule has 3 atom stereocenters. The predicted octanol–water partition coefficient (Wildman–Crippen LogP) is 1.97. The van der Waals surface area contributed by atoms with E-state index in [0.29, 0.717) is 29.7 Å². The smallest absolute Gasteiger partial charge is 0.418 e. The van der Waals surface area contributed by atoms with Gasteiger partial charge in [0.15, 0.2) is 5.78 Å². The quantitative estimate of drug-likeness (QED) is 0.687. The molecule has 31 heavy (non-hydrogen) atoms. The van der Waals surface area contributed by atoms with Gasteiger partial charge in [-0.05, 0) is 31.4 Å². The summed E-state index contributed by atoms with van der Waals surface area (Å²) in [5.74, 6) is -1.51. The highest BCUT2D eigenvalue weighted by atomic mass is 16.5. The van der Waals surface area contributed by atoms with E-state index < -0.39 is 29.4 Å². The molecule has 2 unspecified atom stereocenters. The normalized spacial score (nSPS) is 26.2. The second kappa shape index (κ2) is 6.54. The number of rotatable bonds is 2. The number of carbonyl (C=O) groups is 4. The van der Waals surface area contributed by atoms with E-state index >= 15 is 0 Å². The van der Waals surface area contributed by atoms with E-state index in [0.717, 1.165) is 10.9 Å². The fourth-order valence-corrected chi connectivity index (χ4v) is 5.81. The van der Waals surface area contributed by atoms with Crippen molar-refractivity contribution in [3.05, 3.63) is 47.2 Å². The van der Waals surface area contributed by atoms with E-state index in [1.54, 1.807) is 17.0 Å². The summed E-state index contributed by atoms with van der Waals surface area (Å²) in [6, 6.07) is 6.55. The van der Waals surface area contributed by atoms with Gasteiger partial charge in [0.2, 0.25) is 5.91 Å². The van der Waals surface area contributed by atoms with E-state index in [2.05, 4.69) is 0 Å². The first kappa shape index (κ1) is 19.5. The number of para-hydroxylation sites is 1. The molecular formula is C23H22N2O6. The van der Waals surface area contributed by atoms with Gasteiger partial charge in [0, 0.05) is 17.5 Å². The first-order valence-electron chi connectivity index (χ1n) is 10.2. The maximum Gasteiger partial charge on any atom is 0.418 e. The van der Waals surface area contributed by atoms with Crippen LogP contribution in [0.3, 0.4) is 0 Å². The van der Waals surface area contributed by atoms with Gasteiger partial charge in [-0.1, -0.05) is 24.3 Å². The molecule has 3 aliphatic heterocycles. The SMILES string of the molecule is COC(=O)n1c2c(c3ccccc31)CCN1C(=O)C3C=C(C(C)=O)[C@H]1C2(C(=O)OC)C3. The first-order valence-corrected chi connectivity index (χ1v) is 10.2. The summed E-state index contributed by atoms with van der Waals surface area (Å²) in [7, 11) is 2.58. The lowest BCUT2D eigenvalue weighted by Gasteiger charge is -2.52. The van der Waals surface area contributed by atoms with Crippen molar-refractivity contribution in [2.24, 2.45) is 5.92 Å². The Balaban J connectivity index is 1.94. The van der Waals surface area contributed by atoms with Gasteiger partial charge in [-0.25, -0.2) is 9.36 Å². The third-order valence-corrected chi connectivity index (χ3v) is 6.91. The Kier molecular flexibility index (Phi) is 4.12. The molecule has 1 fully saturated rings. The molecule has 0 radical (unpaired) electrons. The van der Waals surface area contributed by atoms with Crippen LogP contribution in [-0.2, 0) is 35.7 Å². The van der Waals surface area contributed by atoms with Gasteiger partial charge in [-0.2, -0.15) is 0 Å². The zero-order valence-corrected chi connectivity index (χ0v) is 17.5. The van der Waals surface area contributed by atoms with Crippen LogP contribution in [0.1, 0.15) is 24.6 Å². The number of benzene rings is 1. The van der Waals surface area contributed by atoms with Gasteiger partial charge in [0.25, 0.3) is 0 Å². The van der Waals surface area contributed by atoms with Gasteiger partial charge in [-0.15, -0.1) is 0 Å². The van der Waals surface area contributed by atoms with Crippen molar-refractivity contribution < 1.29 is 28.7 Å². The molecular weight excluding hydrogens is 400 g/mol. The zero-order valence-electron chi connectivity index (χ0n) is 17.5. The fourth-order valence-electron chi connectivity index (χ4n) is 5.81. The predicted molar refractivity (Wildman–Crippen MR) is 110 cm³/mol.